The zero-order valence-corrected chi connectivity index (χ0v) is 20.2. The first-order valence-electron chi connectivity index (χ1n) is 12.4. The monoisotopic (exact) mass is 499 g/mol. The molecule has 8 heteroatoms. The average Bonchev–Trinajstić information content (AvgIpc) is 3.55. The molecule has 3 aromatic rings. The molecule has 0 radical (unpaired) electrons. The lowest BCUT2D eigenvalue weighted by molar-refractivity contribution is -0.138. The van der Waals surface area contributed by atoms with Gasteiger partial charge in [-0.3, -0.25) is 24.1 Å². The van der Waals surface area contributed by atoms with E-state index in [0.717, 1.165) is 34.9 Å². The van der Waals surface area contributed by atoms with Gasteiger partial charge in [-0.1, -0.05) is 30.3 Å². The molecule has 1 aliphatic heterocycles. The van der Waals surface area contributed by atoms with Crippen molar-refractivity contribution in [2.24, 2.45) is 11.8 Å². The molecule has 4 unspecified atom stereocenters. The van der Waals surface area contributed by atoms with Crippen LogP contribution in [0.1, 0.15) is 58.0 Å². The van der Waals surface area contributed by atoms with Crippen molar-refractivity contribution < 1.29 is 33.8 Å². The topological polar surface area (TPSA) is 110 Å². The number of carbonyl (C=O) groups excluding carboxylic acids is 3. The van der Waals surface area contributed by atoms with E-state index in [1.165, 1.54) is 7.11 Å². The molecule has 6 rings (SSSR count). The van der Waals surface area contributed by atoms with E-state index in [9.17, 15) is 24.3 Å². The number of carboxylic acid groups (broad SMARTS) is 1. The van der Waals surface area contributed by atoms with Crippen LogP contribution in [0, 0.1) is 11.8 Å². The fraction of sp³-hybridized carbons (Fsp3) is 0.310. The van der Waals surface area contributed by atoms with Crippen molar-refractivity contribution in [1.29, 1.82) is 0 Å². The van der Waals surface area contributed by atoms with Crippen molar-refractivity contribution in [2.75, 3.05) is 7.11 Å². The van der Waals surface area contributed by atoms with Gasteiger partial charge in [0.2, 0.25) is 0 Å². The van der Waals surface area contributed by atoms with E-state index in [1.807, 2.05) is 24.3 Å². The van der Waals surface area contributed by atoms with Crippen molar-refractivity contribution in [2.45, 2.75) is 37.8 Å². The molecule has 2 fully saturated rings. The second-order valence-electron chi connectivity index (χ2n) is 9.96. The number of carbonyl (C=O) groups is 4. The maximum Gasteiger partial charge on any atom is 0.305 e. The first-order chi connectivity index (χ1) is 17.9. The summed E-state index contributed by atoms with van der Waals surface area (Å²) in [5, 5.41) is 11.3. The Morgan fingerprint density at radius 1 is 0.973 bits per heavy atom. The minimum absolute atomic E-state index is 0.0257. The van der Waals surface area contributed by atoms with E-state index >= 15 is 0 Å². The lowest BCUT2D eigenvalue weighted by Crippen LogP contribution is -2.35. The van der Waals surface area contributed by atoms with Gasteiger partial charge in [0.25, 0.3) is 11.8 Å². The molecule has 0 spiro atoms. The minimum atomic E-state index is -1.16. The molecule has 3 aromatic carbocycles. The van der Waals surface area contributed by atoms with Crippen LogP contribution in [0.5, 0.6) is 11.5 Å². The molecule has 1 N–H and O–H groups in total. The van der Waals surface area contributed by atoms with Gasteiger partial charge in [-0.25, -0.2) is 0 Å². The van der Waals surface area contributed by atoms with Crippen molar-refractivity contribution >= 4 is 34.3 Å². The molecule has 37 heavy (non-hydrogen) atoms. The number of nitrogens with zero attached hydrogens (tertiary/aromatic N) is 1. The summed E-state index contributed by atoms with van der Waals surface area (Å²) >= 11 is 0. The van der Waals surface area contributed by atoms with E-state index in [0.29, 0.717) is 17.1 Å². The highest BCUT2D eigenvalue weighted by Crippen LogP contribution is 2.45. The molecule has 2 saturated carbocycles. The number of imide groups is 1. The van der Waals surface area contributed by atoms with Gasteiger partial charge in [0.15, 0.2) is 23.4 Å². The number of hydrogen-bond acceptors (Lipinski definition) is 6. The number of hydrogen-bond donors (Lipinski definition) is 1. The Balaban J connectivity index is 1.38. The Morgan fingerprint density at radius 2 is 1.65 bits per heavy atom. The van der Waals surface area contributed by atoms with Crippen molar-refractivity contribution in [3.05, 3.63) is 71.3 Å². The summed E-state index contributed by atoms with van der Waals surface area (Å²) in [5.41, 5.74) is 0.904. The molecule has 1 heterocycles. The molecule has 2 amide bonds. The zero-order chi connectivity index (χ0) is 25.8. The van der Waals surface area contributed by atoms with Gasteiger partial charge >= 0.3 is 5.97 Å². The van der Waals surface area contributed by atoms with Gasteiger partial charge in [-0.2, -0.15) is 0 Å². The third-order valence-corrected chi connectivity index (χ3v) is 7.87. The normalized spacial score (nSPS) is 23.0. The highest BCUT2D eigenvalue weighted by molar-refractivity contribution is 6.23. The summed E-state index contributed by atoms with van der Waals surface area (Å²) in [5.74, 6) is -1.31. The van der Waals surface area contributed by atoms with Gasteiger partial charge in [0.1, 0.15) is 0 Å². The molecule has 2 bridgehead atoms. The van der Waals surface area contributed by atoms with Crippen LogP contribution in [0.2, 0.25) is 0 Å². The van der Waals surface area contributed by atoms with Crippen LogP contribution in [-0.4, -0.2) is 46.8 Å². The van der Waals surface area contributed by atoms with Gasteiger partial charge in [-0.15, -0.1) is 0 Å². The second kappa shape index (κ2) is 8.73. The standard InChI is InChI=1S/C29H25NO7/c1-36-23-9-8-17(13-24(23)37-27-19-7-6-18(10-19)26(27)33)22(14-25(31)32)30-28(34)20-11-15-4-2-3-5-16(15)12-21(20)29(30)35/h2-5,8-9,11-13,18-19,22,27H,6-7,10,14H2,1H3,(H,31,32). The van der Waals surface area contributed by atoms with Crippen LogP contribution in [0.3, 0.4) is 0 Å². The average molecular weight is 500 g/mol. The van der Waals surface area contributed by atoms with E-state index < -0.39 is 36.4 Å². The van der Waals surface area contributed by atoms with Crippen molar-refractivity contribution in [3.63, 3.8) is 0 Å². The van der Waals surface area contributed by atoms with Crippen LogP contribution in [0.15, 0.2) is 54.6 Å². The number of methoxy groups -OCH3 is 1. The van der Waals surface area contributed by atoms with E-state index in [-0.39, 0.29) is 28.7 Å². The number of aliphatic carboxylic acids is 1. The Bertz CT molecular complexity index is 1420. The molecule has 0 aromatic heterocycles. The summed E-state index contributed by atoms with van der Waals surface area (Å²) in [6.45, 7) is 0. The largest absolute Gasteiger partial charge is 0.493 e. The zero-order valence-electron chi connectivity index (χ0n) is 20.2. The summed E-state index contributed by atoms with van der Waals surface area (Å²) in [6.07, 6.45) is 1.57. The molecular formula is C29H25NO7. The van der Waals surface area contributed by atoms with Crippen LogP contribution in [0.25, 0.3) is 10.8 Å². The van der Waals surface area contributed by atoms with E-state index in [2.05, 4.69) is 0 Å². The predicted molar refractivity (Wildman–Crippen MR) is 133 cm³/mol. The Labute approximate surface area is 212 Å². The van der Waals surface area contributed by atoms with Crippen LogP contribution >= 0.6 is 0 Å². The van der Waals surface area contributed by atoms with E-state index in [4.69, 9.17) is 9.47 Å². The SMILES string of the molecule is COc1ccc(C(CC(=O)O)N2C(=O)c3cc4ccccc4cc3C2=O)cc1OC1C(=O)C2CCC1C2. The lowest BCUT2D eigenvalue weighted by Gasteiger charge is -2.27. The number of benzene rings is 3. The maximum absolute atomic E-state index is 13.5. The second-order valence-corrected chi connectivity index (χ2v) is 9.96. The maximum atomic E-state index is 13.5. The smallest absolute Gasteiger partial charge is 0.305 e. The molecule has 188 valence electrons. The minimum Gasteiger partial charge on any atom is -0.493 e. The Kier molecular flexibility index (Phi) is 5.47. The van der Waals surface area contributed by atoms with Crippen LogP contribution < -0.4 is 9.47 Å². The summed E-state index contributed by atoms with van der Waals surface area (Å²) in [7, 11) is 1.48. The Morgan fingerprint density at radius 3 is 2.22 bits per heavy atom. The predicted octanol–water partition coefficient (Wildman–Crippen LogP) is 4.41. The molecule has 4 atom stereocenters. The summed E-state index contributed by atoms with van der Waals surface area (Å²) in [6, 6.07) is 14.5. The quantitative estimate of drug-likeness (QED) is 0.480. The van der Waals surface area contributed by atoms with Crippen LogP contribution in [-0.2, 0) is 9.59 Å². The molecule has 2 aliphatic carbocycles. The number of rotatable bonds is 7. The van der Waals surface area contributed by atoms with Crippen molar-refractivity contribution in [3.8, 4) is 11.5 Å². The molecule has 0 saturated heterocycles. The van der Waals surface area contributed by atoms with Gasteiger partial charge < -0.3 is 14.6 Å². The van der Waals surface area contributed by atoms with Gasteiger partial charge in [0.05, 0.1) is 30.7 Å². The van der Waals surface area contributed by atoms with Crippen molar-refractivity contribution in [1.82, 2.24) is 4.90 Å². The van der Waals surface area contributed by atoms with Crippen LogP contribution in [0.4, 0.5) is 0 Å². The van der Waals surface area contributed by atoms with Gasteiger partial charge in [0, 0.05) is 11.8 Å². The highest BCUT2D eigenvalue weighted by atomic mass is 16.5. The van der Waals surface area contributed by atoms with E-state index in [1.54, 1.807) is 30.3 Å². The number of carboxylic acids is 1. The molecule has 3 aliphatic rings. The number of ketones is 1. The molecular weight excluding hydrogens is 474 g/mol. The first kappa shape index (κ1) is 23.2. The fourth-order valence-electron chi connectivity index (χ4n) is 6.05. The third kappa shape index (κ3) is 3.75. The highest BCUT2D eigenvalue weighted by Gasteiger charge is 2.49. The third-order valence-electron chi connectivity index (χ3n) is 7.87. The number of fused-ring (bicyclic) bond motifs is 4. The Hall–Kier alpha value is -4.20. The first-order valence-corrected chi connectivity index (χ1v) is 12.4. The summed E-state index contributed by atoms with van der Waals surface area (Å²) < 4.78 is 11.6. The number of ether oxygens (including phenoxy) is 2. The fourth-order valence-corrected chi connectivity index (χ4v) is 6.05. The number of amides is 2. The van der Waals surface area contributed by atoms with Gasteiger partial charge in [-0.05, 0) is 59.9 Å². The lowest BCUT2D eigenvalue weighted by atomic mass is 9.96. The number of Topliss-reactive ketones (excluding diaryl/α,β-unsaturated/α-hetero) is 1. The summed E-state index contributed by atoms with van der Waals surface area (Å²) in [4.78, 5) is 52.6. The molecule has 8 nitrogen and oxygen atoms in total.